The third kappa shape index (κ3) is 2.56. The van der Waals surface area contributed by atoms with E-state index in [1.807, 2.05) is 0 Å². The van der Waals surface area contributed by atoms with Crippen LogP contribution in [0.1, 0.15) is 12.0 Å². The molecule has 0 radical (unpaired) electrons. The van der Waals surface area contributed by atoms with Crippen molar-refractivity contribution in [1.29, 1.82) is 0 Å². The molecule has 1 heterocycles. The van der Waals surface area contributed by atoms with Crippen LogP contribution in [0.15, 0.2) is 15.7 Å². The first-order valence-electron chi connectivity index (χ1n) is 3.35. The van der Waals surface area contributed by atoms with Crippen molar-refractivity contribution >= 4 is 35.7 Å². The van der Waals surface area contributed by atoms with E-state index in [2.05, 4.69) is 20.9 Å². The molecule has 0 saturated heterocycles. The summed E-state index contributed by atoms with van der Waals surface area (Å²) in [5, 5.41) is 9.06. The molecule has 0 spiro atoms. The van der Waals surface area contributed by atoms with E-state index < -0.39 is 31.7 Å². The smallest absolute Gasteiger partial charge is 0.268 e. The van der Waals surface area contributed by atoms with Crippen LogP contribution in [0.3, 0.4) is 0 Å². The van der Waals surface area contributed by atoms with Crippen molar-refractivity contribution in [3.63, 3.8) is 0 Å². The van der Waals surface area contributed by atoms with E-state index >= 15 is 0 Å². The Morgan fingerprint density at radius 2 is 2.07 bits per heavy atom. The van der Waals surface area contributed by atoms with E-state index in [0.29, 0.717) is 6.20 Å². The Morgan fingerprint density at radius 3 is 2.40 bits per heavy atom. The average Bonchev–Trinajstić information content (AvgIpc) is 2.05. The number of halogens is 4. The molecule has 0 amide bonds. The van der Waals surface area contributed by atoms with Gasteiger partial charge < -0.3 is 5.11 Å². The van der Waals surface area contributed by atoms with Gasteiger partial charge in [-0.3, -0.25) is 0 Å². The molecule has 0 aromatic carbocycles. The van der Waals surface area contributed by atoms with Gasteiger partial charge >= 0.3 is 0 Å². The zero-order chi connectivity index (χ0) is 11.8. The normalized spacial score (nSPS) is 12.1. The molecule has 0 fully saturated rings. The Hall–Kier alpha value is -0.470. The zero-order valence-electron chi connectivity index (χ0n) is 6.79. The Kier molecular flexibility index (Phi) is 3.51. The second kappa shape index (κ2) is 4.18. The molecule has 0 aliphatic rings. The maximum absolute atomic E-state index is 12.5. The van der Waals surface area contributed by atoms with Gasteiger partial charge in [-0.15, -0.1) is 0 Å². The molecule has 1 rings (SSSR count). The molecule has 15 heavy (non-hydrogen) atoms. The summed E-state index contributed by atoms with van der Waals surface area (Å²) in [4.78, 5) is 2.44. The average molecular weight is 323 g/mol. The Balaban J connectivity index is 3.68. The molecule has 0 atom stereocenters. The van der Waals surface area contributed by atoms with Gasteiger partial charge in [0, 0.05) is 10.7 Å². The number of nitrogens with zero attached hydrogens (tertiary/aromatic N) is 1. The lowest BCUT2D eigenvalue weighted by molar-refractivity contribution is 0.143. The van der Waals surface area contributed by atoms with Crippen molar-refractivity contribution < 1.29 is 22.3 Å². The van der Waals surface area contributed by atoms with Crippen LogP contribution in [0.2, 0.25) is 0 Å². The van der Waals surface area contributed by atoms with Crippen molar-refractivity contribution in [3.05, 3.63) is 16.4 Å². The van der Waals surface area contributed by atoms with Gasteiger partial charge in [-0.1, -0.05) is 0 Å². The van der Waals surface area contributed by atoms with E-state index in [1.165, 1.54) is 0 Å². The number of hydrogen-bond donors (Lipinski definition) is 1. The number of alkyl halides is 2. The second-order valence-corrected chi connectivity index (χ2v) is 5.67. The van der Waals surface area contributed by atoms with Crippen LogP contribution in [-0.2, 0) is 9.05 Å². The van der Waals surface area contributed by atoms with Gasteiger partial charge in [0.05, 0.1) is 11.8 Å². The molecular formula is C6H3BrClF2NO3S. The fourth-order valence-electron chi connectivity index (χ4n) is 0.916. The summed E-state index contributed by atoms with van der Waals surface area (Å²) >= 11 is 2.67. The summed E-state index contributed by atoms with van der Waals surface area (Å²) in [6.07, 6.45) is -2.47. The van der Waals surface area contributed by atoms with Crippen molar-refractivity contribution in [2.24, 2.45) is 0 Å². The first-order chi connectivity index (χ1) is 6.75. The first-order valence-corrected chi connectivity index (χ1v) is 6.45. The molecule has 4 nitrogen and oxygen atoms in total. The first kappa shape index (κ1) is 12.6. The predicted molar refractivity (Wildman–Crippen MR) is 51.6 cm³/mol. The molecule has 0 unspecified atom stereocenters. The van der Waals surface area contributed by atoms with Gasteiger partial charge in [0.15, 0.2) is 0 Å². The summed E-state index contributed by atoms with van der Waals surface area (Å²) in [5.74, 6) is -0.924. The van der Waals surface area contributed by atoms with Gasteiger partial charge in [0.25, 0.3) is 15.5 Å². The lowest BCUT2D eigenvalue weighted by Crippen LogP contribution is -2.02. The zero-order valence-corrected chi connectivity index (χ0v) is 9.94. The summed E-state index contributed by atoms with van der Waals surface area (Å²) in [7, 11) is 0.534. The number of pyridine rings is 1. The number of hydrogen-bond acceptors (Lipinski definition) is 4. The number of rotatable bonds is 2. The number of aromatic nitrogens is 1. The van der Waals surface area contributed by atoms with E-state index in [4.69, 9.17) is 15.8 Å². The molecule has 9 heteroatoms. The van der Waals surface area contributed by atoms with Crippen molar-refractivity contribution in [3.8, 4) is 5.75 Å². The minimum Gasteiger partial charge on any atom is -0.506 e. The predicted octanol–water partition coefficient (Wildman–Crippen LogP) is 2.41. The Labute approximate surface area is 96.4 Å². The topological polar surface area (TPSA) is 67.3 Å². The van der Waals surface area contributed by atoms with Crippen LogP contribution in [0.5, 0.6) is 5.75 Å². The van der Waals surface area contributed by atoms with Crippen LogP contribution in [0.4, 0.5) is 8.78 Å². The van der Waals surface area contributed by atoms with Crippen LogP contribution < -0.4 is 0 Å². The lowest BCUT2D eigenvalue weighted by atomic mass is 10.2. The highest BCUT2D eigenvalue weighted by Crippen LogP contribution is 2.38. The molecule has 1 N–H and O–H groups in total. The molecular weight excluding hydrogens is 319 g/mol. The van der Waals surface area contributed by atoms with Gasteiger partial charge in [-0.2, -0.15) is 0 Å². The van der Waals surface area contributed by atoms with Crippen LogP contribution >= 0.6 is 26.6 Å². The standard InChI is InChI=1S/C6H3BrClF2NO3S/c7-5-4(15(8,13)14)3(6(9)10)2(12)1-11-5/h1,6,12H. The Morgan fingerprint density at radius 1 is 1.53 bits per heavy atom. The molecule has 0 aliphatic heterocycles. The maximum Gasteiger partial charge on any atom is 0.268 e. The van der Waals surface area contributed by atoms with E-state index in [9.17, 15) is 17.2 Å². The largest absolute Gasteiger partial charge is 0.506 e. The van der Waals surface area contributed by atoms with Crippen LogP contribution in [0, 0.1) is 0 Å². The molecule has 0 saturated carbocycles. The molecule has 1 aromatic rings. The van der Waals surface area contributed by atoms with E-state index in [-0.39, 0.29) is 4.60 Å². The minimum absolute atomic E-state index is 0.370. The third-order valence-electron chi connectivity index (χ3n) is 1.47. The third-order valence-corrected chi connectivity index (χ3v) is 3.70. The SMILES string of the molecule is O=S(=O)(Cl)c1c(Br)ncc(O)c1C(F)F. The Bertz CT molecular complexity index is 493. The summed E-state index contributed by atoms with van der Waals surface area (Å²) < 4.78 is 46.5. The minimum atomic E-state index is -4.41. The van der Waals surface area contributed by atoms with Crippen LogP contribution in [0.25, 0.3) is 0 Å². The quantitative estimate of drug-likeness (QED) is 0.671. The van der Waals surface area contributed by atoms with Gasteiger partial charge in [-0.25, -0.2) is 22.2 Å². The summed E-state index contributed by atoms with van der Waals surface area (Å²) in [6, 6.07) is 0. The van der Waals surface area contributed by atoms with Crippen molar-refractivity contribution in [2.45, 2.75) is 11.3 Å². The van der Waals surface area contributed by atoms with Crippen molar-refractivity contribution in [1.82, 2.24) is 4.98 Å². The van der Waals surface area contributed by atoms with Crippen molar-refractivity contribution in [2.75, 3.05) is 0 Å². The fraction of sp³-hybridized carbons (Fsp3) is 0.167. The molecule has 0 aliphatic carbocycles. The highest BCUT2D eigenvalue weighted by molar-refractivity contribution is 9.10. The molecule has 1 aromatic heterocycles. The second-order valence-electron chi connectivity index (χ2n) is 2.42. The van der Waals surface area contributed by atoms with E-state index in [1.54, 1.807) is 0 Å². The maximum atomic E-state index is 12.5. The lowest BCUT2D eigenvalue weighted by Gasteiger charge is -2.08. The van der Waals surface area contributed by atoms with E-state index in [0.717, 1.165) is 0 Å². The highest BCUT2D eigenvalue weighted by Gasteiger charge is 2.28. The van der Waals surface area contributed by atoms with Gasteiger partial charge in [0.1, 0.15) is 15.2 Å². The fourth-order valence-corrected chi connectivity index (χ4v) is 3.33. The highest BCUT2D eigenvalue weighted by atomic mass is 79.9. The summed E-state index contributed by atoms with van der Waals surface area (Å²) in [5.41, 5.74) is -1.06. The number of aromatic hydroxyl groups is 1. The monoisotopic (exact) mass is 321 g/mol. The summed E-state index contributed by atoms with van der Waals surface area (Å²) in [6.45, 7) is 0. The molecule has 0 bridgehead atoms. The van der Waals surface area contributed by atoms with Crippen LogP contribution in [-0.4, -0.2) is 18.5 Å². The van der Waals surface area contributed by atoms with Gasteiger partial charge in [0.2, 0.25) is 0 Å². The molecule has 84 valence electrons. The van der Waals surface area contributed by atoms with Gasteiger partial charge in [-0.05, 0) is 15.9 Å².